The van der Waals surface area contributed by atoms with Crippen LogP contribution in [0.5, 0.6) is 0 Å². The van der Waals surface area contributed by atoms with Crippen molar-refractivity contribution in [3.05, 3.63) is 65.7 Å². The summed E-state index contributed by atoms with van der Waals surface area (Å²) in [5, 5.41) is -1.30. The molecule has 0 saturated carbocycles. The Balaban J connectivity index is 2.42. The van der Waals surface area contributed by atoms with Gasteiger partial charge in [0, 0.05) is 6.42 Å². The molecule has 0 amide bonds. The van der Waals surface area contributed by atoms with Crippen LogP contribution in [0.1, 0.15) is 57.8 Å². The molecule has 2 atom stereocenters. The van der Waals surface area contributed by atoms with E-state index < -0.39 is 21.3 Å². The van der Waals surface area contributed by atoms with Crippen LogP contribution in [0.15, 0.2) is 59.5 Å². The van der Waals surface area contributed by atoms with Crippen LogP contribution in [-0.4, -0.2) is 19.5 Å². The van der Waals surface area contributed by atoms with E-state index in [-0.39, 0.29) is 28.9 Å². The van der Waals surface area contributed by atoms with Crippen molar-refractivity contribution in [1.29, 1.82) is 0 Å². The van der Waals surface area contributed by atoms with Crippen molar-refractivity contribution in [2.24, 2.45) is 0 Å². The maximum atomic E-state index is 15.2. The SMILES string of the molecule is CC(=O)CC[C@H]([C@@H](F)c1ccccc1)S(=O)(=O)c1ccc(C(C)(C)C)cc1. The fourth-order valence-electron chi connectivity index (χ4n) is 2.98. The van der Waals surface area contributed by atoms with Gasteiger partial charge >= 0.3 is 0 Å². The van der Waals surface area contributed by atoms with Gasteiger partial charge in [-0.2, -0.15) is 0 Å². The summed E-state index contributed by atoms with van der Waals surface area (Å²) in [5.74, 6) is -0.154. The first kappa shape index (κ1) is 21.3. The van der Waals surface area contributed by atoms with Crippen molar-refractivity contribution in [2.45, 2.75) is 62.3 Å². The van der Waals surface area contributed by atoms with Gasteiger partial charge in [0.25, 0.3) is 0 Å². The average Bonchev–Trinajstić information content (AvgIpc) is 2.61. The predicted molar refractivity (Wildman–Crippen MR) is 106 cm³/mol. The smallest absolute Gasteiger partial charge is 0.184 e. The van der Waals surface area contributed by atoms with Crippen molar-refractivity contribution < 1.29 is 17.6 Å². The number of halogens is 1. The lowest BCUT2D eigenvalue weighted by molar-refractivity contribution is -0.117. The van der Waals surface area contributed by atoms with E-state index in [2.05, 4.69) is 0 Å². The summed E-state index contributed by atoms with van der Waals surface area (Å²) in [6.07, 6.45) is -1.72. The Kier molecular flexibility index (Phi) is 6.58. The molecule has 0 aliphatic rings. The van der Waals surface area contributed by atoms with E-state index >= 15 is 4.39 Å². The van der Waals surface area contributed by atoms with Gasteiger partial charge in [-0.3, -0.25) is 0 Å². The Morgan fingerprint density at radius 3 is 2.04 bits per heavy atom. The molecule has 0 unspecified atom stereocenters. The molecular formula is C22H27FO3S. The molecule has 0 saturated heterocycles. The standard InChI is InChI=1S/C22H27FO3S/c1-16(24)10-15-20(21(23)17-8-6-5-7-9-17)27(25,26)19-13-11-18(12-14-19)22(2,3)4/h5-9,11-14,20-21H,10,15H2,1-4H3/t20-,21+/m1/s1. The number of hydrogen-bond acceptors (Lipinski definition) is 3. The van der Waals surface area contributed by atoms with Crippen LogP contribution in [0.2, 0.25) is 0 Å². The van der Waals surface area contributed by atoms with Crippen molar-refractivity contribution in [2.75, 3.05) is 0 Å². The predicted octanol–water partition coefficient (Wildman–Crippen LogP) is 5.21. The highest BCUT2D eigenvalue weighted by Crippen LogP contribution is 2.34. The van der Waals surface area contributed by atoms with Gasteiger partial charge in [0.2, 0.25) is 0 Å². The second-order valence-electron chi connectivity index (χ2n) is 7.91. The first-order valence-corrected chi connectivity index (χ1v) is 10.6. The lowest BCUT2D eigenvalue weighted by atomic mass is 9.87. The fraction of sp³-hybridized carbons (Fsp3) is 0.409. The summed E-state index contributed by atoms with van der Waals surface area (Å²) in [6, 6.07) is 14.9. The summed E-state index contributed by atoms with van der Waals surface area (Å²) >= 11 is 0. The number of Topliss-reactive ketones (excluding diaryl/α,β-unsaturated/α-hetero) is 1. The Morgan fingerprint density at radius 2 is 1.56 bits per heavy atom. The number of carbonyl (C=O) groups is 1. The van der Waals surface area contributed by atoms with Gasteiger partial charge in [-0.1, -0.05) is 63.2 Å². The minimum atomic E-state index is -3.93. The fourth-order valence-corrected chi connectivity index (χ4v) is 4.74. The molecule has 0 aliphatic carbocycles. The van der Waals surface area contributed by atoms with Gasteiger partial charge in [0.1, 0.15) is 17.2 Å². The molecule has 146 valence electrons. The molecule has 0 radical (unpaired) electrons. The van der Waals surface area contributed by atoms with Crippen LogP contribution in [0.4, 0.5) is 4.39 Å². The summed E-state index contributed by atoms with van der Waals surface area (Å²) in [7, 11) is -3.93. The van der Waals surface area contributed by atoms with Gasteiger partial charge in [-0.15, -0.1) is 0 Å². The highest BCUT2D eigenvalue weighted by Gasteiger charge is 2.36. The molecule has 3 nitrogen and oxygen atoms in total. The molecule has 2 aromatic rings. The van der Waals surface area contributed by atoms with Crippen molar-refractivity contribution in [3.8, 4) is 0 Å². The minimum absolute atomic E-state index is 0.0250. The first-order chi connectivity index (χ1) is 12.5. The number of benzene rings is 2. The van der Waals surface area contributed by atoms with E-state index in [0.717, 1.165) is 5.56 Å². The van der Waals surface area contributed by atoms with E-state index in [1.165, 1.54) is 19.1 Å². The molecule has 5 heteroatoms. The highest BCUT2D eigenvalue weighted by molar-refractivity contribution is 7.92. The van der Waals surface area contributed by atoms with Crippen LogP contribution in [-0.2, 0) is 20.0 Å². The Labute approximate surface area is 161 Å². The quantitative estimate of drug-likeness (QED) is 0.652. The second kappa shape index (κ2) is 8.34. The molecule has 0 fully saturated rings. The Morgan fingerprint density at radius 1 is 1.00 bits per heavy atom. The molecular weight excluding hydrogens is 363 g/mol. The zero-order valence-corrected chi connectivity index (χ0v) is 17.1. The van der Waals surface area contributed by atoms with E-state index in [1.54, 1.807) is 42.5 Å². The van der Waals surface area contributed by atoms with E-state index in [4.69, 9.17) is 0 Å². The third-order valence-corrected chi connectivity index (χ3v) is 6.87. The monoisotopic (exact) mass is 390 g/mol. The van der Waals surface area contributed by atoms with Crippen LogP contribution in [0.3, 0.4) is 0 Å². The topological polar surface area (TPSA) is 51.2 Å². The molecule has 0 aromatic heterocycles. The van der Waals surface area contributed by atoms with Crippen molar-refractivity contribution >= 4 is 15.6 Å². The van der Waals surface area contributed by atoms with Crippen LogP contribution >= 0.6 is 0 Å². The summed E-state index contributed by atoms with van der Waals surface area (Å²) < 4.78 is 41.5. The molecule has 0 heterocycles. The van der Waals surface area contributed by atoms with Crippen LogP contribution in [0.25, 0.3) is 0 Å². The molecule has 27 heavy (non-hydrogen) atoms. The van der Waals surface area contributed by atoms with Crippen molar-refractivity contribution in [3.63, 3.8) is 0 Å². The van der Waals surface area contributed by atoms with Gasteiger partial charge in [0.15, 0.2) is 9.84 Å². The lowest BCUT2D eigenvalue weighted by Crippen LogP contribution is -2.27. The second-order valence-corrected chi connectivity index (χ2v) is 10.1. The zero-order chi connectivity index (χ0) is 20.2. The van der Waals surface area contributed by atoms with Gasteiger partial charge in [0.05, 0.1) is 4.90 Å². The maximum absolute atomic E-state index is 15.2. The Hall–Kier alpha value is -2.01. The van der Waals surface area contributed by atoms with Crippen molar-refractivity contribution in [1.82, 2.24) is 0 Å². The average molecular weight is 391 g/mol. The number of alkyl halides is 1. The first-order valence-electron chi connectivity index (χ1n) is 9.06. The summed E-state index contributed by atoms with van der Waals surface area (Å²) in [4.78, 5) is 11.5. The van der Waals surface area contributed by atoms with Crippen LogP contribution in [0, 0.1) is 0 Å². The van der Waals surface area contributed by atoms with Gasteiger partial charge in [-0.05, 0) is 42.0 Å². The normalized spacial score (nSPS) is 14.6. The lowest BCUT2D eigenvalue weighted by Gasteiger charge is -2.23. The maximum Gasteiger partial charge on any atom is 0.184 e. The number of rotatable bonds is 7. The molecule has 0 spiro atoms. The largest absolute Gasteiger partial charge is 0.300 e. The number of hydrogen-bond donors (Lipinski definition) is 0. The number of ketones is 1. The highest BCUT2D eigenvalue weighted by atomic mass is 32.2. The van der Waals surface area contributed by atoms with Crippen LogP contribution < -0.4 is 0 Å². The third kappa shape index (κ3) is 5.25. The van der Waals surface area contributed by atoms with E-state index in [1.807, 2.05) is 20.8 Å². The number of carbonyl (C=O) groups excluding carboxylic acids is 1. The van der Waals surface area contributed by atoms with Gasteiger partial charge < -0.3 is 4.79 Å². The number of sulfone groups is 1. The molecule has 0 N–H and O–H groups in total. The summed E-state index contributed by atoms with van der Waals surface area (Å²) in [6.45, 7) is 7.51. The molecule has 0 aliphatic heterocycles. The Bertz CT molecular complexity index is 866. The zero-order valence-electron chi connectivity index (χ0n) is 16.3. The minimum Gasteiger partial charge on any atom is -0.300 e. The summed E-state index contributed by atoms with van der Waals surface area (Å²) in [5.41, 5.74) is 1.20. The molecule has 2 aromatic carbocycles. The third-order valence-electron chi connectivity index (χ3n) is 4.67. The molecule has 2 rings (SSSR count). The van der Waals surface area contributed by atoms with E-state index in [9.17, 15) is 13.2 Å². The molecule has 0 bridgehead atoms. The van der Waals surface area contributed by atoms with Gasteiger partial charge in [-0.25, -0.2) is 12.8 Å². The van der Waals surface area contributed by atoms with E-state index in [0.29, 0.717) is 5.56 Å².